The maximum absolute atomic E-state index is 5.47. The van der Waals surface area contributed by atoms with Gasteiger partial charge >= 0.3 is 0 Å². The Bertz CT molecular complexity index is 495. The minimum Gasteiger partial charge on any atom is -0.330 e. The number of aromatic nitrogens is 3. The number of rotatable bonds is 6. The summed E-state index contributed by atoms with van der Waals surface area (Å²) in [6.45, 7) is 1.50. The monoisotopic (exact) mass is 308 g/mol. The van der Waals surface area contributed by atoms with E-state index in [2.05, 4.69) is 38.4 Å². The number of halogens is 1. The second kappa shape index (κ2) is 6.66. The first kappa shape index (κ1) is 13.2. The van der Waals surface area contributed by atoms with E-state index in [1.165, 1.54) is 5.56 Å². The van der Waals surface area contributed by atoms with Gasteiger partial charge in [0.25, 0.3) is 0 Å². The minimum absolute atomic E-state index is 0.742. The lowest BCUT2D eigenvalue weighted by Gasteiger charge is -2.01. The average Bonchev–Trinajstić information content (AvgIpc) is 2.77. The maximum Gasteiger partial charge on any atom is 0.0827 e. The van der Waals surface area contributed by atoms with Crippen molar-refractivity contribution in [2.75, 3.05) is 6.54 Å². The van der Waals surface area contributed by atoms with Crippen molar-refractivity contribution in [1.29, 1.82) is 0 Å². The molecule has 0 aliphatic carbocycles. The van der Waals surface area contributed by atoms with Crippen LogP contribution < -0.4 is 5.73 Å². The number of unbranched alkanes of at least 4 members (excludes halogenated alkanes) is 1. The number of nitrogens with zero attached hydrogens (tertiary/aromatic N) is 3. The Hall–Kier alpha value is -1.20. The summed E-state index contributed by atoms with van der Waals surface area (Å²) in [5.74, 6) is 0. The van der Waals surface area contributed by atoms with Crippen LogP contribution >= 0.6 is 15.9 Å². The summed E-state index contributed by atoms with van der Waals surface area (Å²) in [4.78, 5) is 0. The fourth-order valence-corrected chi connectivity index (χ4v) is 2.25. The maximum atomic E-state index is 5.47. The molecule has 18 heavy (non-hydrogen) atoms. The third-order valence-electron chi connectivity index (χ3n) is 2.71. The molecule has 2 rings (SSSR count). The first-order chi connectivity index (χ1) is 8.78. The summed E-state index contributed by atoms with van der Waals surface area (Å²) in [6, 6.07) is 8.22. The fraction of sp³-hybridized carbons (Fsp3) is 0.385. The number of benzene rings is 1. The van der Waals surface area contributed by atoms with Gasteiger partial charge in [0.2, 0.25) is 0 Å². The van der Waals surface area contributed by atoms with Gasteiger partial charge in [-0.15, -0.1) is 5.10 Å². The second-order valence-corrected chi connectivity index (χ2v) is 5.20. The summed E-state index contributed by atoms with van der Waals surface area (Å²) < 4.78 is 2.96. The van der Waals surface area contributed by atoms with Gasteiger partial charge in [-0.2, -0.15) is 0 Å². The average molecular weight is 309 g/mol. The number of hydrogen-bond acceptors (Lipinski definition) is 3. The van der Waals surface area contributed by atoms with Crippen LogP contribution in [0.5, 0.6) is 0 Å². The van der Waals surface area contributed by atoms with E-state index in [9.17, 15) is 0 Å². The van der Waals surface area contributed by atoms with Gasteiger partial charge in [0.1, 0.15) is 0 Å². The summed E-state index contributed by atoms with van der Waals surface area (Å²) in [7, 11) is 0. The molecule has 0 bridgehead atoms. The molecule has 0 saturated carbocycles. The highest BCUT2D eigenvalue weighted by Gasteiger charge is 2.02. The van der Waals surface area contributed by atoms with Gasteiger partial charge < -0.3 is 5.73 Å². The lowest BCUT2D eigenvalue weighted by atomic mass is 10.2. The van der Waals surface area contributed by atoms with Crippen molar-refractivity contribution >= 4 is 15.9 Å². The van der Waals surface area contributed by atoms with Crippen LogP contribution in [0.15, 0.2) is 34.9 Å². The minimum atomic E-state index is 0.742. The van der Waals surface area contributed by atoms with Gasteiger partial charge in [0.05, 0.1) is 12.2 Å². The molecule has 0 saturated heterocycles. The molecule has 0 aliphatic heterocycles. The fourth-order valence-electron chi connectivity index (χ4n) is 1.80. The van der Waals surface area contributed by atoms with Crippen molar-refractivity contribution < 1.29 is 0 Å². The van der Waals surface area contributed by atoms with Crippen molar-refractivity contribution in [2.24, 2.45) is 5.73 Å². The van der Waals surface area contributed by atoms with Gasteiger partial charge in [0, 0.05) is 10.7 Å². The van der Waals surface area contributed by atoms with E-state index < -0.39 is 0 Å². The largest absolute Gasteiger partial charge is 0.330 e. The first-order valence-corrected chi connectivity index (χ1v) is 6.91. The first-order valence-electron chi connectivity index (χ1n) is 6.11. The predicted molar refractivity (Wildman–Crippen MR) is 75.3 cm³/mol. The Morgan fingerprint density at radius 3 is 2.94 bits per heavy atom. The molecule has 0 spiro atoms. The molecule has 0 amide bonds. The van der Waals surface area contributed by atoms with Crippen LogP contribution in [-0.2, 0) is 13.0 Å². The van der Waals surface area contributed by atoms with Crippen LogP contribution in [-0.4, -0.2) is 21.5 Å². The number of aryl methyl sites for hydroxylation is 1. The summed E-state index contributed by atoms with van der Waals surface area (Å²) in [5.41, 5.74) is 7.72. The van der Waals surface area contributed by atoms with E-state index >= 15 is 0 Å². The molecular weight excluding hydrogens is 292 g/mol. The highest BCUT2D eigenvalue weighted by molar-refractivity contribution is 9.10. The van der Waals surface area contributed by atoms with Crippen LogP contribution in [0.2, 0.25) is 0 Å². The van der Waals surface area contributed by atoms with Crippen molar-refractivity contribution in [3.8, 4) is 0 Å². The number of nitrogens with two attached hydrogens (primary N) is 1. The molecule has 2 aromatic rings. The van der Waals surface area contributed by atoms with Crippen LogP contribution in [0.4, 0.5) is 0 Å². The molecule has 96 valence electrons. The van der Waals surface area contributed by atoms with Gasteiger partial charge in [0.15, 0.2) is 0 Å². The predicted octanol–water partition coefficient (Wildman–Crippen LogP) is 2.37. The Labute approximate surface area is 115 Å². The number of hydrogen-bond donors (Lipinski definition) is 1. The van der Waals surface area contributed by atoms with Crippen molar-refractivity contribution in [1.82, 2.24) is 15.0 Å². The molecule has 1 aromatic heterocycles. The molecule has 1 heterocycles. The van der Waals surface area contributed by atoms with Gasteiger partial charge in [-0.1, -0.05) is 33.3 Å². The molecule has 0 atom stereocenters. The summed E-state index contributed by atoms with van der Waals surface area (Å²) in [6.07, 6.45) is 5.08. The molecule has 1 aromatic carbocycles. The van der Waals surface area contributed by atoms with Gasteiger partial charge in [-0.25, -0.2) is 4.68 Å². The third-order valence-corrected chi connectivity index (χ3v) is 3.20. The Morgan fingerprint density at radius 2 is 2.17 bits per heavy atom. The highest BCUT2D eigenvalue weighted by Crippen LogP contribution is 2.12. The third kappa shape index (κ3) is 3.92. The standard InChI is InChI=1S/C13H17BrN4/c14-12-5-3-4-11(8-12)9-18-10-13(16-17-18)6-1-2-7-15/h3-5,8,10H,1-2,6-7,9,15H2. The van der Waals surface area contributed by atoms with Crippen molar-refractivity contribution in [2.45, 2.75) is 25.8 Å². The molecule has 0 aliphatic rings. The van der Waals surface area contributed by atoms with Crippen molar-refractivity contribution in [3.05, 3.63) is 46.2 Å². The van der Waals surface area contributed by atoms with E-state index in [0.717, 1.165) is 42.5 Å². The van der Waals surface area contributed by atoms with Crippen LogP contribution in [0, 0.1) is 0 Å². The second-order valence-electron chi connectivity index (χ2n) is 4.28. The zero-order valence-electron chi connectivity index (χ0n) is 10.2. The Morgan fingerprint density at radius 1 is 1.28 bits per heavy atom. The molecule has 2 N–H and O–H groups in total. The van der Waals surface area contributed by atoms with Crippen LogP contribution in [0.1, 0.15) is 24.1 Å². The zero-order chi connectivity index (χ0) is 12.8. The molecule has 0 radical (unpaired) electrons. The lowest BCUT2D eigenvalue weighted by molar-refractivity contribution is 0.648. The van der Waals surface area contributed by atoms with E-state index in [-0.39, 0.29) is 0 Å². The SMILES string of the molecule is NCCCCc1cn(Cc2cccc(Br)c2)nn1. The van der Waals surface area contributed by atoms with E-state index in [4.69, 9.17) is 5.73 Å². The van der Waals surface area contributed by atoms with E-state index in [1.807, 2.05) is 23.0 Å². The molecule has 4 nitrogen and oxygen atoms in total. The molecule has 0 unspecified atom stereocenters. The smallest absolute Gasteiger partial charge is 0.0827 e. The summed E-state index contributed by atoms with van der Waals surface area (Å²) >= 11 is 3.47. The highest BCUT2D eigenvalue weighted by atomic mass is 79.9. The Kier molecular flexibility index (Phi) is 4.90. The molecule has 5 heteroatoms. The topological polar surface area (TPSA) is 56.7 Å². The molecular formula is C13H17BrN4. The normalized spacial score (nSPS) is 10.8. The Balaban J connectivity index is 1.94. The summed E-state index contributed by atoms with van der Waals surface area (Å²) in [5, 5.41) is 8.31. The van der Waals surface area contributed by atoms with Gasteiger partial charge in [-0.3, -0.25) is 0 Å². The van der Waals surface area contributed by atoms with Crippen molar-refractivity contribution in [3.63, 3.8) is 0 Å². The lowest BCUT2D eigenvalue weighted by Crippen LogP contribution is -2.00. The zero-order valence-corrected chi connectivity index (χ0v) is 11.8. The van der Waals surface area contributed by atoms with E-state index in [0.29, 0.717) is 0 Å². The molecule has 0 fully saturated rings. The van der Waals surface area contributed by atoms with E-state index in [1.54, 1.807) is 0 Å². The van der Waals surface area contributed by atoms with Crippen LogP contribution in [0.25, 0.3) is 0 Å². The van der Waals surface area contributed by atoms with Crippen LogP contribution in [0.3, 0.4) is 0 Å². The van der Waals surface area contributed by atoms with Gasteiger partial charge in [-0.05, 0) is 43.5 Å². The quantitative estimate of drug-likeness (QED) is 0.834.